The Morgan fingerprint density at radius 2 is 1.73 bits per heavy atom. The molecule has 2 N–H and O–H groups in total. The van der Waals surface area contributed by atoms with Gasteiger partial charge >= 0.3 is 0 Å². The van der Waals surface area contributed by atoms with Gasteiger partial charge in [0.05, 0.1) is 17.8 Å². The SMILES string of the molecule is CC(C)OC1CCNC(C(C)(C)OC2CCNCC2)C1(F)F. The summed E-state index contributed by atoms with van der Waals surface area (Å²) >= 11 is 0. The number of halogens is 2. The predicted octanol–water partition coefficient (Wildman–Crippen LogP) is 2.32. The average Bonchev–Trinajstić information content (AvgIpc) is 2.40. The highest BCUT2D eigenvalue weighted by molar-refractivity contribution is 5.03. The van der Waals surface area contributed by atoms with E-state index in [-0.39, 0.29) is 12.2 Å². The maximum atomic E-state index is 14.9. The van der Waals surface area contributed by atoms with Crippen molar-refractivity contribution in [1.82, 2.24) is 10.6 Å². The first-order valence-electron chi connectivity index (χ1n) is 8.38. The molecule has 0 saturated carbocycles. The summed E-state index contributed by atoms with van der Waals surface area (Å²) in [6, 6.07) is -1.03. The lowest BCUT2D eigenvalue weighted by Gasteiger charge is -2.47. The summed E-state index contributed by atoms with van der Waals surface area (Å²) < 4.78 is 41.3. The molecule has 2 aliphatic rings. The van der Waals surface area contributed by atoms with Gasteiger partial charge in [-0.25, -0.2) is 8.78 Å². The minimum Gasteiger partial charge on any atom is -0.370 e. The Morgan fingerprint density at radius 3 is 2.32 bits per heavy atom. The summed E-state index contributed by atoms with van der Waals surface area (Å²) in [5, 5.41) is 6.23. The summed E-state index contributed by atoms with van der Waals surface area (Å²) in [5.74, 6) is -2.95. The van der Waals surface area contributed by atoms with Crippen molar-refractivity contribution in [2.75, 3.05) is 19.6 Å². The number of alkyl halides is 2. The van der Waals surface area contributed by atoms with Gasteiger partial charge in [0, 0.05) is 0 Å². The van der Waals surface area contributed by atoms with Crippen LogP contribution in [0.15, 0.2) is 0 Å². The Bertz CT molecular complexity index is 358. The zero-order valence-electron chi connectivity index (χ0n) is 14.1. The molecule has 2 unspecified atom stereocenters. The third-order valence-electron chi connectivity index (χ3n) is 4.46. The van der Waals surface area contributed by atoms with E-state index in [1.807, 2.05) is 0 Å². The van der Waals surface area contributed by atoms with Crippen LogP contribution in [-0.2, 0) is 9.47 Å². The van der Waals surface area contributed by atoms with Crippen molar-refractivity contribution in [2.24, 2.45) is 0 Å². The Morgan fingerprint density at radius 1 is 1.09 bits per heavy atom. The Kier molecular flexibility index (Phi) is 5.80. The summed E-state index contributed by atoms with van der Waals surface area (Å²) in [5.41, 5.74) is -0.940. The van der Waals surface area contributed by atoms with Gasteiger partial charge in [-0.1, -0.05) is 0 Å². The van der Waals surface area contributed by atoms with Crippen molar-refractivity contribution < 1.29 is 18.3 Å². The maximum Gasteiger partial charge on any atom is 0.291 e. The monoisotopic (exact) mass is 320 g/mol. The molecule has 0 aromatic rings. The smallest absolute Gasteiger partial charge is 0.291 e. The van der Waals surface area contributed by atoms with E-state index in [9.17, 15) is 8.78 Å². The fraction of sp³-hybridized carbons (Fsp3) is 1.00. The molecular weight excluding hydrogens is 290 g/mol. The molecule has 2 rings (SSSR count). The highest BCUT2D eigenvalue weighted by Crippen LogP contribution is 2.38. The van der Waals surface area contributed by atoms with Gasteiger partial charge in [0.25, 0.3) is 5.92 Å². The van der Waals surface area contributed by atoms with E-state index in [0.29, 0.717) is 13.0 Å². The molecule has 0 aliphatic carbocycles. The van der Waals surface area contributed by atoms with Crippen molar-refractivity contribution in [2.45, 2.75) is 82.8 Å². The van der Waals surface area contributed by atoms with Gasteiger partial charge in [-0.2, -0.15) is 0 Å². The van der Waals surface area contributed by atoms with Crippen LogP contribution < -0.4 is 10.6 Å². The van der Waals surface area contributed by atoms with E-state index in [0.717, 1.165) is 25.9 Å². The van der Waals surface area contributed by atoms with Crippen molar-refractivity contribution in [3.05, 3.63) is 0 Å². The Labute approximate surface area is 132 Å². The van der Waals surface area contributed by atoms with Crippen molar-refractivity contribution in [3.8, 4) is 0 Å². The molecule has 0 spiro atoms. The molecule has 2 aliphatic heterocycles. The van der Waals surface area contributed by atoms with E-state index < -0.39 is 23.7 Å². The molecular formula is C16H30F2N2O2. The standard InChI is InChI=1S/C16H30F2N2O2/c1-11(2)21-13-7-10-20-14(16(13,17)18)15(3,4)22-12-5-8-19-9-6-12/h11-14,19-20H,5-10H2,1-4H3. The van der Waals surface area contributed by atoms with E-state index in [2.05, 4.69) is 10.6 Å². The van der Waals surface area contributed by atoms with Crippen LogP contribution in [0.2, 0.25) is 0 Å². The Balaban J connectivity index is 2.06. The van der Waals surface area contributed by atoms with Gasteiger partial charge < -0.3 is 20.1 Å². The fourth-order valence-corrected chi connectivity index (χ4v) is 3.48. The lowest BCUT2D eigenvalue weighted by Crippen LogP contribution is -2.67. The third kappa shape index (κ3) is 4.16. The van der Waals surface area contributed by atoms with Crippen LogP contribution in [-0.4, -0.2) is 55.5 Å². The molecule has 0 aromatic carbocycles. The first-order chi connectivity index (χ1) is 10.2. The summed E-state index contributed by atoms with van der Waals surface area (Å²) in [4.78, 5) is 0. The second-order valence-corrected chi connectivity index (χ2v) is 7.19. The Hall–Kier alpha value is -0.300. The minimum atomic E-state index is -2.95. The number of hydrogen-bond donors (Lipinski definition) is 2. The van der Waals surface area contributed by atoms with Crippen LogP contribution in [0, 0.1) is 0 Å². The average molecular weight is 320 g/mol. The molecule has 2 heterocycles. The molecule has 6 heteroatoms. The first-order valence-corrected chi connectivity index (χ1v) is 8.38. The molecule has 2 atom stereocenters. The molecule has 4 nitrogen and oxygen atoms in total. The number of hydrogen-bond acceptors (Lipinski definition) is 4. The number of nitrogens with one attached hydrogen (secondary N) is 2. The highest BCUT2D eigenvalue weighted by Gasteiger charge is 2.57. The quantitative estimate of drug-likeness (QED) is 0.816. The van der Waals surface area contributed by atoms with Crippen LogP contribution in [0.25, 0.3) is 0 Å². The second-order valence-electron chi connectivity index (χ2n) is 7.19. The molecule has 130 valence electrons. The van der Waals surface area contributed by atoms with Gasteiger partial charge in [-0.15, -0.1) is 0 Å². The van der Waals surface area contributed by atoms with Crippen LogP contribution in [0.5, 0.6) is 0 Å². The number of piperidine rings is 2. The van der Waals surface area contributed by atoms with Crippen molar-refractivity contribution in [3.63, 3.8) is 0 Å². The van der Waals surface area contributed by atoms with Crippen molar-refractivity contribution >= 4 is 0 Å². The van der Waals surface area contributed by atoms with Crippen LogP contribution in [0.4, 0.5) is 8.78 Å². The first kappa shape index (κ1) is 18.0. The zero-order chi connectivity index (χ0) is 16.4. The van der Waals surface area contributed by atoms with Gasteiger partial charge in [0.2, 0.25) is 0 Å². The second kappa shape index (κ2) is 7.07. The van der Waals surface area contributed by atoms with E-state index in [4.69, 9.17) is 9.47 Å². The van der Waals surface area contributed by atoms with Gasteiger partial charge in [0.15, 0.2) is 0 Å². The van der Waals surface area contributed by atoms with E-state index in [1.165, 1.54) is 0 Å². The van der Waals surface area contributed by atoms with Gasteiger partial charge in [-0.3, -0.25) is 0 Å². The van der Waals surface area contributed by atoms with Crippen LogP contribution in [0.1, 0.15) is 47.0 Å². The van der Waals surface area contributed by atoms with Crippen LogP contribution >= 0.6 is 0 Å². The van der Waals surface area contributed by atoms with Gasteiger partial charge in [-0.05, 0) is 66.6 Å². The molecule has 2 saturated heterocycles. The molecule has 0 radical (unpaired) electrons. The fourth-order valence-electron chi connectivity index (χ4n) is 3.48. The summed E-state index contributed by atoms with van der Waals surface area (Å²) in [6.07, 6.45) is 0.852. The highest BCUT2D eigenvalue weighted by atomic mass is 19.3. The van der Waals surface area contributed by atoms with Crippen molar-refractivity contribution in [1.29, 1.82) is 0 Å². The molecule has 0 bridgehead atoms. The van der Waals surface area contributed by atoms with Crippen LogP contribution in [0.3, 0.4) is 0 Å². The molecule has 0 aromatic heterocycles. The number of rotatable bonds is 5. The maximum absolute atomic E-state index is 14.9. The summed E-state index contributed by atoms with van der Waals surface area (Å²) in [7, 11) is 0. The molecule has 0 amide bonds. The number of ether oxygens (including phenoxy) is 2. The third-order valence-corrected chi connectivity index (χ3v) is 4.46. The normalized spacial score (nSPS) is 30.7. The largest absolute Gasteiger partial charge is 0.370 e. The topological polar surface area (TPSA) is 42.5 Å². The van der Waals surface area contributed by atoms with E-state index >= 15 is 0 Å². The zero-order valence-corrected chi connectivity index (χ0v) is 14.1. The molecule has 2 fully saturated rings. The minimum absolute atomic E-state index is 0.0419. The lowest BCUT2D eigenvalue weighted by atomic mass is 9.85. The van der Waals surface area contributed by atoms with E-state index in [1.54, 1.807) is 27.7 Å². The lowest BCUT2D eigenvalue weighted by molar-refractivity contribution is -0.228. The summed E-state index contributed by atoms with van der Waals surface area (Å²) in [6.45, 7) is 9.41. The van der Waals surface area contributed by atoms with Gasteiger partial charge in [0.1, 0.15) is 12.1 Å². The predicted molar refractivity (Wildman–Crippen MR) is 82.4 cm³/mol. The molecule has 22 heavy (non-hydrogen) atoms.